The molecule has 1 aliphatic heterocycles. The van der Waals surface area contributed by atoms with Gasteiger partial charge in [0, 0.05) is 71.4 Å². The van der Waals surface area contributed by atoms with Crippen molar-refractivity contribution in [1.82, 2.24) is 19.8 Å². The Morgan fingerprint density at radius 3 is 2.39 bits per heavy atom. The van der Waals surface area contributed by atoms with Crippen LogP contribution in [0, 0.1) is 10.1 Å². The quantitative estimate of drug-likeness (QED) is 0.0526. The third-order valence-corrected chi connectivity index (χ3v) is 14.2. The summed E-state index contributed by atoms with van der Waals surface area (Å²) in [4.78, 5) is 29.7. The van der Waals surface area contributed by atoms with Gasteiger partial charge in [0.1, 0.15) is 12.0 Å². The van der Waals surface area contributed by atoms with Crippen molar-refractivity contribution in [3.63, 3.8) is 0 Å². The minimum atomic E-state index is -4.25. The molecule has 0 amide bonds. The number of nitrogens with one attached hydrogen (secondary N) is 2. The van der Waals surface area contributed by atoms with Gasteiger partial charge >= 0.3 is 0 Å². The highest BCUT2D eigenvalue weighted by Crippen LogP contribution is 2.35. The first-order valence-corrected chi connectivity index (χ1v) is 23.7. The SMILES string of the molecule is CSc1ccc(C2=C(CN3CCN(c4ccc5c(NS(=O)(=O)c6ccc(N[C@H](CCN(C)C)CSc7ccccc7)c([N+](=O)[O-])c6)ncnc5c4)CC3)CCCC2)cc1. The normalized spacial score (nSPS) is 15.8. The fourth-order valence-corrected chi connectivity index (χ4v) is 10.2. The molecule has 2 N–H and O–H groups in total. The predicted molar refractivity (Wildman–Crippen MR) is 243 cm³/mol. The first-order valence-electron chi connectivity index (χ1n) is 20.0. The van der Waals surface area contributed by atoms with Gasteiger partial charge in [0.2, 0.25) is 0 Å². The van der Waals surface area contributed by atoms with Crippen LogP contribution in [0.2, 0.25) is 0 Å². The monoisotopic (exact) mass is 852 g/mol. The molecule has 5 aromatic rings. The van der Waals surface area contributed by atoms with E-state index in [4.69, 9.17) is 0 Å². The number of sulfonamides is 1. The highest BCUT2D eigenvalue weighted by molar-refractivity contribution is 7.99. The number of piperazine rings is 1. The van der Waals surface area contributed by atoms with Gasteiger partial charge in [-0.3, -0.25) is 19.7 Å². The van der Waals surface area contributed by atoms with Crippen molar-refractivity contribution in [1.29, 1.82) is 0 Å². The maximum Gasteiger partial charge on any atom is 0.293 e. The van der Waals surface area contributed by atoms with E-state index in [1.54, 1.807) is 29.1 Å². The molecule has 15 heteroatoms. The molecular formula is C44H52N8O4S3. The van der Waals surface area contributed by atoms with Crippen molar-refractivity contribution in [2.45, 2.75) is 52.8 Å². The summed E-state index contributed by atoms with van der Waals surface area (Å²) in [6.45, 7) is 5.39. The molecule has 2 aliphatic rings. The molecule has 12 nitrogen and oxygen atoms in total. The molecule has 1 fully saturated rings. The lowest BCUT2D eigenvalue weighted by Gasteiger charge is -2.37. The van der Waals surface area contributed by atoms with Crippen molar-refractivity contribution >= 4 is 72.9 Å². The number of rotatable bonds is 17. The number of nitro benzene ring substituents is 1. The number of benzene rings is 4. The maximum atomic E-state index is 13.8. The van der Waals surface area contributed by atoms with Crippen LogP contribution in [0.25, 0.3) is 16.5 Å². The Labute approximate surface area is 356 Å². The lowest BCUT2D eigenvalue weighted by Crippen LogP contribution is -2.47. The van der Waals surface area contributed by atoms with Crippen LogP contribution in [-0.4, -0.2) is 105 Å². The van der Waals surface area contributed by atoms with Crippen molar-refractivity contribution in [2.24, 2.45) is 0 Å². The Morgan fingerprint density at radius 1 is 0.898 bits per heavy atom. The molecule has 0 radical (unpaired) electrons. The van der Waals surface area contributed by atoms with E-state index in [-0.39, 0.29) is 28.1 Å². The molecule has 0 spiro atoms. The number of hydrogen-bond donors (Lipinski definition) is 2. The summed E-state index contributed by atoms with van der Waals surface area (Å²) in [7, 11) is -0.287. The van der Waals surface area contributed by atoms with Crippen LogP contribution in [0.1, 0.15) is 37.7 Å². The second-order valence-corrected chi connectivity index (χ2v) is 19.0. The summed E-state index contributed by atoms with van der Waals surface area (Å²) in [5.74, 6) is 0.779. The summed E-state index contributed by atoms with van der Waals surface area (Å²) in [5.41, 5.74) is 6.01. The molecule has 4 aromatic carbocycles. The van der Waals surface area contributed by atoms with E-state index < -0.39 is 14.9 Å². The second-order valence-electron chi connectivity index (χ2n) is 15.3. The Hall–Kier alpha value is -4.67. The number of aromatic nitrogens is 2. The third kappa shape index (κ3) is 10.9. The summed E-state index contributed by atoms with van der Waals surface area (Å²) in [6, 6.07) is 28.6. The maximum absolute atomic E-state index is 13.8. The van der Waals surface area contributed by atoms with E-state index in [1.165, 1.54) is 47.3 Å². The number of thioether (sulfide) groups is 2. The lowest BCUT2D eigenvalue weighted by atomic mass is 9.87. The molecule has 1 atom stereocenters. The number of allylic oxidation sites excluding steroid dienone is 1. The van der Waals surface area contributed by atoms with E-state index in [9.17, 15) is 18.5 Å². The van der Waals surface area contributed by atoms with Crippen LogP contribution < -0.4 is 14.9 Å². The molecule has 1 saturated heterocycles. The van der Waals surface area contributed by atoms with Gasteiger partial charge in [-0.1, -0.05) is 35.9 Å². The van der Waals surface area contributed by atoms with E-state index in [0.29, 0.717) is 16.7 Å². The molecule has 0 unspecified atom stereocenters. The zero-order chi connectivity index (χ0) is 41.4. The molecule has 1 aliphatic carbocycles. The number of fused-ring (bicyclic) bond motifs is 1. The second kappa shape index (κ2) is 19.6. The summed E-state index contributed by atoms with van der Waals surface area (Å²) in [5, 5.41) is 16.2. The molecule has 59 heavy (non-hydrogen) atoms. The average molecular weight is 853 g/mol. The van der Waals surface area contributed by atoms with Crippen LogP contribution in [0.3, 0.4) is 0 Å². The van der Waals surface area contributed by atoms with Crippen molar-refractivity contribution < 1.29 is 13.3 Å². The minimum Gasteiger partial charge on any atom is -0.376 e. The minimum absolute atomic E-state index is 0.107. The summed E-state index contributed by atoms with van der Waals surface area (Å²) >= 11 is 3.44. The topological polar surface area (TPSA) is 137 Å². The van der Waals surface area contributed by atoms with Crippen molar-refractivity contribution in [2.75, 3.05) is 80.3 Å². The van der Waals surface area contributed by atoms with E-state index in [0.717, 1.165) is 75.2 Å². The molecule has 1 aromatic heterocycles. The van der Waals surface area contributed by atoms with Gasteiger partial charge in [0.25, 0.3) is 15.7 Å². The Morgan fingerprint density at radius 2 is 1.66 bits per heavy atom. The standard InChI is InChI=1S/C44H52N8O4S3/c1-49(2)22-21-34(30-58-37-10-5-4-6-11-37)47-41-20-18-38(28-43(41)52(53)54)59(55,56)48-44-40-19-15-35(27-42(40)45-31-46-44)51-25-23-50(24-26-51)29-33-9-7-8-12-39(33)32-13-16-36(57-3)17-14-32/h4-6,10-11,13-20,27-28,31,34,47H,7-9,12,21-26,29-30H2,1-3H3,(H,45,46,48)/t34-/m1/s1. The van der Waals surface area contributed by atoms with Gasteiger partial charge in [-0.25, -0.2) is 18.4 Å². The van der Waals surface area contributed by atoms with Crippen molar-refractivity contribution in [3.8, 4) is 0 Å². The highest BCUT2D eigenvalue weighted by atomic mass is 32.2. The first kappa shape index (κ1) is 42.5. The first-order chi connectivity index (χ1) is 28.6. The van der Waals surface area contributed by atoms with Crippen LogP contribution in [0.4, 0.5) is 22.9 Å². The van der Waals surface area contributed by atoms with Gasteiger partial charge in [0.15, 0.2) is 5.82 Å². The molecule has 310 valence electrons. The predicted octanol–water partition coefficient (Wildman–Crippen LogP) is 8.74. The molecule has 0 saturated carbocycles. The largest absolute Gasteiger partial charge is 0.376 e. The Bertz CT molecular complexity index is 2370. The fourth-order valence-electron chi connectivity index (χ4n) is 7.72. The van der Waals surface area contributed by atoms with Crippen LogP contribution in [0.15, 0.2) is 118 Å². The summed E-state index contributed by atoms with van der Waals surface area (Å²) in [6.07, 6.45) is 8.97. The third-order valence-electron chi connectivity index (χ3n) is 11.0. The lowest BCUT2D eigenvalue weighted by molar-refractivity contribution is -0.384. The van der Waals surface area contributed by atoms with E-state index in [2.05, 4.69) is 65.2 Å². The average Bonchev–Trinajstić information content (AvgIpc) is 3.25. The van der Waals surface area contributed by atoms with E-state index in [1.807, 2.05) is 62.6 Å². The Balaban J connectivity index is 1.02. The molecule has 7 rings (SSSR count). The number of nitro groups is 1. The zero-order valence-electron chi connectivity index (χ0n) is 33.8. The van der Waals surface area contributed by atoms with Gasteiger partial charge in [-0.15, -0.1) is 23.5 Å². The number of hydrogen-bond acceptors (Lipinski definition) is 12. The van der Waals surface area contributed by atoms with Gasteiger partial charge in [-0.05, 0) is 125 Å². The van der Waals surface area contributed by atoms with Gasteiger partial charge < -0.3 is 15.1 Å². The molecule has 0 bridgehead atoms. The van der Waals surface area contributed by atoms with Crippen LogP contribution in [0.5, 0.6) is 0 Å². The molecule has 2 heterocycles. The smallest absolute Gasteiger partial charge is 0.293 e. The van der Waals surface area contributed by atoms with E-state index >= 15 is 0 Å². The van der Waals surface area contributed by atoms with Crippen molar-refractivity contribution in [3.05, 3.63) is 119 Å². The number of nitrogens with zero attached hydrogens (tertiary/aromatic N) is 6. The Kier molecular flexibility index (Phi) is 14.1. The highest BCUT2D eigenvalue weighted by Gasteiger charge is 2.26. The summed E-state index contributed by atoms with van der Waals surface area (Å²) < 4.78 is 30.1. The van der Waals surface area contributed by atoms with Crippen LogP contribution >= 0.6 is 23.5 Å². The van der Waals surface area contributed by atoms with Crippen LogP contribution in [-0.2, 0) is 10.0 Å². The van der Waals surface area contributed by atoms with Gasteiger partial charge in [0.05, 0.1) is 15.3 Å². The number of anilines is 3. The molecular weight excluding hydrogens is 801 g/mol. The zero-order valence-corrected chi connectivity index (χ0v) is 36.3. The van der Waals surface area contributed by atoms with Gasteiger partial charge in [-0.2, -0.15) is 0 Å². The fraction of sp³-hybridized carbons (Fsp3) is 0.364.